The number of benzene rings is 1. The summed E-state index contributed by atoms with van der Waals surface area (Å²) in [5.41, 5.74) is 1.66. The van der Waals surface area contributed by atoms with Crippen LogP contribution in [0.15, 0.2) is 24.3 Å². The van der Waals surface area contributed by atoms with Crippen molar-refractivity contribution in [2.24, 2.45) is 5.92 Å². The molecule has 0 spiro atoms. The van der Waals surface area contributed by atoms with Crippen LogP contribution in [0.3, 0.4) is 0 Å². The lowest BCUT2D eigenvalue weighted by atomic mass is 10.1. The molecule has 6 heteroatoms. The van der Waals surface area contributed by atoms with Crippen LogP contribution in [-0.4, -0.2) is 32.3 Å². The number of hydrogen-bond acceptors (Lipinski definition) is 4. The number of carbonyl (C=O) groups is 1. The van der Waals surface area contributed by atoms with Gasteiger partial charge in [-0.2, -0.15) is 5.10 Å². The Morgan fingerprint density at radius 3 is 2.61 bits per heavy atom. The fourth-order valence-electron chi connectivity index (χ4n) is 3.13. The molecular formula is C17H20N4O2. The number of aromatic nitrogens is 3. The van der Waals surface area contributed by atoms with Crippen molar-refractivity contribution in [1.29, 1.82) is 0 Å². The Morgan fingerprint density at radius 1 is 1.17 bits per heavy atom. The van der Waals surface area contributed by atoms with E-state index < -0.39 is 6.10 Å². The van der Waals surface area contributed by atoms with Crippen molar-refractivity contribution < 1.29 is 9.90 Å². The third-order valence-electron chi connectivity index (χ3n) is 4.69. The SMILES string of the molecule is O=C(Nc1ccc(-c2n[nH]c(C3CC3)n2)cc1)C1CCCC1O. The average Bonchev–Trinajstić information content (AvgIpc) is 3.12. The molecule has 0 saturated heterocycles. The van der Waals surface area contributed by atoms with Gasteiger partial charge in [0.05, 0.1) is 12.0 Å². The number of H-pyrrole nitrogens is 1. The zero-order valence-electron chi connectivity index (χ0n) is 12.8. The van der Waals surface area contributed by atoms with Crippen LogP contribution in [-0.2, 0) is 4.79 Å². The molecule has 23 heavy (non-hydrogen) atoms. The van der Waals surface area contributed by atoms with E-state index in [0.717, 1.165) is 29.9 Å². The third kappa shape index (κ3) is 2.99. The molecule has 2 unspecified atom stereocenters. The quantitative estimate of drug-likeness (QED) is 0.808. The highest BCUT2D eigenvalue weighted by atomic mass is 16.3. The molecule has 2 aliphatic rings. The number of aliphatic hydroxyl groups excluding tert-OH is 1. The van der Waals surface area contributed by atoms with Gasteiger partial charge in [-0.1, -0.05) is 0 Å². The Labute approximate surface area is 134 Å². The first kappa shape index (κ1) is 14.4. The summed E-state index contributed by atoms with van der Waals surface area (Å²) in [4.78, 5) is 16.7. The molecule has 0 aliphatic heterocycles. The normalized spacial score (nSPS) is 23.9. The maximum Gasteiger partial charge on any atom is 0.230 e. The topological polar surface area (TPSA) is 90.9 Å². The van der Waals surface area contributed by atoms with Gasteiger partial charge in [-0.3, -0.25) is 9.89 Å². The first-order chi connectivity index (χ1) is 11.2. The molecule has 1 aromatic heterocycles. The average molecular weight is 312 g/mol. The number of amides is 1. The molecule has 0 bridgehead atoms. The Morgan fingerprint density at radius 2 is 1.96 bits per heavy atom. The van der Waals surface area contributed by atoms with Crippen LogP contribution in [0, 0.1) is 5.92 Å². The van der Waals surface area contributed by atoms with Crippen LogP contribution in [0.2, 0.25) is 0 Å². The van der Waals surface area contributed by atoms with Gasteiger partial charge in [0.15, 0.2) is 5.82 Å². The van der Waals surface area contributed by atoms with E-state index in [-0.39, 0.29) is 11.8 Å². The van der Waals surface area contributed by atoms with Crippen molar-refractivity contribution >= 4 is 11.6 Å². The largest absolute Gasteiger partial charge is 0.392 e. The second-order valence-corrected chi connectivity index (χ2v) is 6.49. The summed E-state index contributed by atoms with van der Waals surface area (Å²) in [6.07, 6.45) is 4.24. The third-order valence-corrected chi connectivity index (χ3v) is 4.69. The van der Waals surface area contributed by atoms with E-state index in [1.165, 1.54) is 12.8 Å². The maximum absolute atomic E-state index is 12.2. The van der Waals surface area contributed by atoms with Gasteiger partial charge >= 0.3 is 0 Å². The minimum atomic E-state index is -0.511. The van der Waals surface area contributed by atoms with E-state index in [1.807, 2.05) is 24.3 Å². The molecule has 120 valence electrons. The molecule has 1 heterocycles. The Hall–Kier alpha value is -2.21. The molecule has 0 radical (unpaired) electrons. The van der Waals surface area contributed by atoms with Crippen LogP contribution < -0.4 is 5.32 Å². The van der Waals surface area contributed by atoms with E-state index in [1.54, 1.807) is 0 Å². The van der Waals surface area contributed by atoms with Crippen molar-refractivity contribution in [1.82, 2.24) is 15.2 Å². The highest BCUT2D eigenvalue weighted by Crippen LogP contribution is 2.38. The Bertz CT molecular complexity index is 706. The van der Waals surface area contributed by atoms with Gasteiger partial charge in [-0.05, 0) is 56.4 Å². The summed E-state index contributed by atoms with van der Waals surface area (Å²) in [5.74, 6) is 1.82. The zero-order chi connectivity index (χ0) is 15.8. The highest BCUT2D eigenvalue weighted by molar-refractivity contribution is 5.93. The van der Waals surface area contributed by atoms with E-state index in [4.69, 9.17) is 0 Å². The van der Waals surface area contributed by atoms with Crippen molar-refractivity contribution in [2.75, 3.05) is 5.32 Å². The van der Waals surface area contributed by atoms with Gasteiger partial charge in [-0.15, -0.1) is 0 Å². The second kappa shape index (κ2) is 5.77. The molecule has 2 saturated carbocycles. The number of anilines is 1. The first-order valence-corrected chi connectivity index (χ1v) is 8.22. The van der Waals surface area contributed by atoms with Crippen LogP contribution >= 0.6 is 0 Å². The van der Waals surface area contributed by atoms with Gasteiger partial charge in [0, 0.05) is 17.2 Å². The number of hydrogen-bond donors (Lipinski definition) is 3. The van der Waals surface area contributed by atoms with Crippen molar-refractivity contribution in [3.8, 4) is 11.4 Å². The molecule has 3 N–H and O–H groups in total. The fraction of sp³-hybridized carbons (Fsp3) is 0.471. The zero-order valence-corrected chi connectivity index (χ0v) is 12.8. The molecule has 2 aromatic rings. The van der Waals surface area contributed by atoms with E-state index >= 15 is 0 Å². The van der Waals surface area contributed by atoms with Gasteiger partial charge in [0.25, 0.3) is 0 Å². The fourth-order valence-corrected chi connectivity index (χ4v) is 3.13. The molecule has 4 rings (SSSR count). The van der Waals surface area contributed by atoms with Crippen molar-refractivity contribution in [2.45, 2.75) is 44.1 Å². The molecule has 1 aromatic carbocycles. The maximum atomic E-state index is 12.2. The van der Waals surface area contributed by atoms with Gasteiger partial charge in [0.1, 0.15) is 5.82 Å². The molecular weight excluding hydrogens is 292 g/mol. The molecule has 2 atom stereocenters. The molecule has 2 aliphatic carbocycles. The van der Waals surface area contributed by atoms with Crippen LogP contribution in [0.1, 0.15) is 43.8 Å². The Balaban J connectivity index is 1.43. The number of aromatic amines is 1. The van der Waals surface area contributed by atoms with E-state index in [9.17, 15) is 9.90 Å². The predicted octanol–water partition coefficient (Wildman–Crippen LogP) is 2.45. The lowest BCUT2D eigenvalue weighted by Gasteiger charge is -2.14. The molecule has 2 fully saturated rings. The highest BCUT2D eigenvalue weighted by Gasteiger charge is 2.31. The van der Waals surface area contributed by atoms with Gasteiger partial charge in [-0.25, -0.2) is 4.98 Å². The second-order valence-electron chi connectivity index (χ2n) is 6.49. The summed E-state index contributed by atoms with van der Waals surface area (Å²) in [7, 11) is 0. The van der Waals surface area contributed by atoms with Gasteiger partial charge in [0.2, 0.25) is 5.91 Å². The molecule has 6 nitrogen and oxygen atoms in total. The first-order valence-electron chi connectivity index (χ1n) is 8.22. The van der Waals surface area contributed by atoms with E-state index in [0.29, 0.717) is 18.2 Å². The van der Waals surface area contributed by atoms with Crippen LogP contribution in [0.4, 0.5) is 5.69 Å². The lowest BCUT2D eigenvalue weighted by molar-refractivity contribution is -0.122. The lowest BCUT2D eigenvalue weighted by Crippen LogP contribution is -2.28. The van der Waals surface area contributed by atoms with Crippen LogP contribution in [0.25, 0.3) is 11.4 Å². The van der Waals surface area contributed by atoms with Gasteiger partial charge < -0.3 is 10.4 Å². The van der Waals surface area contributed by atoms with Crippen molar-refractivity contribution in [3.05, 3.63) is 30.1 Å². The standard InChI is InChI=1S/C17H20N4O2/c22-14-3-1-2-13(14)17(23)18-12-8-6-11(7-9-12)16-19-15(20-21-16)10-4-5-10/h6-10,13-14,22H,1-5H2,(H,18,23)(H,19,20,21). The Kier molecular flexibility index (Phi) is 3.61. The summed E-state index contributed by atoms with van der Waals surface area (Å²) in [5, 5.41) is 19.9. The predicted molar refractivity (Wildman–Crippen MR) is 85.8 cm³/mol. The summed E-state index contributed by atoms with van der Waals surface area (Å²) in [6.45, 7) is 0. The smallest absolute Gasteiger partial charge is 0.230 e. The summed E-state index contributed by atoms with van der Waals surface area (Å²) >= 11 is 0. The number of rotatable bonds is 4. The van der Waals surface area contributed by atoms with E-state index in [2.05, 4.69) is 20.5 Å². The minimum Gasteiger partial charge on any atom is -0.392 e. The molecule has 1 amide bonds. The van der Waals surface area contributed by atoms with Crippen LogP contribution in [0.5, 0.6) is 0 Å². The number of nitrogens with zero attached hydrogens (tertiary/aromatic N) is 2. The summed E-state index contributed by atoms with van der Waals surface area (Å²) < 4.78 is 0. The van der Waals surface area contributed by atoms with Crippen molar-refractivity contribution in [3.63, 3.8) is 0 Å². The summed E-state index contributed by atoms with van der Waals surface area (Å²) in [6, 6.07) is 7.50. The monoisotopic (exact) mass is 312 g/mol. The minimum absolute atomic E-state index is 0.100. The number of carbonyl (C=O) groups excluding carboxylic acids is 1. The number of nitrogens with one attached hydrogen (secondary N) is 2. The number of aliphatic hydroxyl groups is 1.